The van der Waals surface area contributed by atoms with E-state index in [2.05, 4.69) is 10.3 Å². The second kappa shape index (κ2) is 6.93. The first kappa shape index (κ1) is 17.6. The van der Waals surface area contributed by atoms with E-state index in [0.717, 1.165) is 15.0 Å². The van der Waals surface area contributed by atoms with E-state index in [4.69, 9.17) is 0 Å². The minimum atomic E-state index is -3.64. The van der Waals surface area contributed by atoms with Gasteiger partial charge in [-0.25, -0.2) is 17.7 Å². The number of hydrogen-bond acceptors (Lipinski definition) is 6. The summed E-state index contributed by atoms with van der Waals surface area (Å²) in [4.78, 5) is 28.4. The van der Waals surface area contributed by atoms with Crippen LogP contribution in [0.5, 0.6) is 0 Å². The van der Waals surface area contributed by atoms with E-state index in [9.17, 15) is 18.0 Å². The minimum absolute atomic E-state index is 0.0359. The van der Waals surface area contributed by atoms with Crippen LogP contribution >= 0.6 is 11.3 Å². The molecule has 9 heteroatoms. The molecule has 1 N–H and O–H groups in total. The maximum Gasteiger partial charge on any atom is 0.251 e. The minimum Gasteiger partial charge on any atom is -0.352 e. The van der Waals surface area contributed by atoms with Gasteiger partial charge in [0.05, 0.1) is 22.1 Å². The van der Waals surface area contributed by atoms with Gasteiger partial charge in [0.15, 0.2) is 0 Å². The Labute approximate surface area is 149 Å². The van der Waals surface area contributed by atoms with Crippen molar-refractivity contribution in [3.63, 3.8) is 0 Å². The van der Waals surface area contributed by atoms with Gasteiger partial charge in [0.2, 0.25) is 15.9 Å². The molecular weight excluding hydrogens is 362 g/mol. The molecule has 3 rings (SSSR count). The highest BCUT2D eigenvalue weighted by atomic mass is 32.2. The van der Waals surface area contributed by atoms with Gasteiger partial charge in [0.25, 0.3) is 5.91 Å². The number of carbonyl (C=O) groups excluding carboxylic acids is 2. The normalized spacial score (nSPS) is 16.2. The molecule has 7 nitrogen and oxygen atoms in total. The topological polar surface area (TPSA) is 96.4 Å². The monoisotopic (exact) mass is 379 g/mol. The number of aromatic nitrogens is 1. The van der Waals surface area contributed by atoms with E-state index < -0.39 is 15.9 Å². The molecule has 1 aliphatic rings. The summed E-state index contributed by atoms with van der Waals surface area (Å²) in [7, 11) is -3.64. The predicted octanol–water partition coefficient (Wildman–Crippen LogP) is 1.49. The van der Waals surface area contributed by atoms with Crippen molar-refractivity contribution in [2.45, 2.75) is 19.8 Å². The zero-order valence-electron chi connectivity index (χ0n) is 13.6. The Morgan fingerprint density at radius 3 is 2.84 bits per heavy atom. The molecule has 1 aromatic carbocycles. The molecule has 0 atom stereocenters. The molecule has 0 spiro atoms. The molecular formula is C16H17N3O4S2. The fourth-order valence-electron chi connectivity index (χ4n) is 2.57. The summed E-state index contributed by atoms with van der Waals surface area (Å²) in [6.07, 6.45) is 0.584. The molecule has 0 bridgehead atoms. The zero-order chi connectivity index (χ0) is 18.0. The maximum atomic E-state index is 12.3. The van der Waals surface area contributed by atoms with Crippen LogP contribution < -0.4 is 9.62 Å². The molecule has 0 unspecified atom stereocenters. The number of nitrogens with one attached hydrogen (secondary N) is 1. The number of sulfonamides is 1. The Hall–Kier alpha value is -2.26. The van der Waals surface area contributed by atoms with Gasteiger partial charge in [-0.15, -0.1) is 11.3 Å². The van der Waals surface area contributed by atoms with Crippen LogP contribution in [0.3, 0.4) is 0 Å². The van der Waals surface area contributed by atoms with Gasteiger partial charge in [-0.1, -0.05) is 6.07 Å². The van der Waals surface area contributed by atoms with Crippen LogP contribution in [-0.2, 0) is 21.2 Å². The van der Waals surface area contributed by atoms with Gasteiger partial charge in [-0.05, 0) is 25.1 Å². The lowest BCUT2D eigenvalue weighted by atomic mass is 10.2. The molecule has 0 aliphatic carbocycles. The quantitative estimate of drug-likeness (QED) is 0.849. The number of rotatable bonds is 5. The van der Waals surface area contributed by atoms with Gasteiger partial charge in [0.1, 0.15) is 0 Å². The zero-order valence-corrected chi connectivity index (χ0v) is 15.2. The first-order valence-electron chi connectivity index (χ1n) is 7.72. The lowest BCUT2D eigenvalue weighted by Crippen LogP contribution is -2.30. The summed E-state index contributed by atoms with van der Waals surface area (Å²) in [6.45, 7) is 2.35. The number of thiazole rings is 1. The van der Waals surface area contributed by atoms with Crippen molar-refractivity contribution in [2.24, 2.45) is 0 Å². The van der Waals surface area contributed by atoms with E-state index in [0.29, 0.717) is 18.5 Å². The smallest absolute Gasteiger partial charge is 0.251 e. The highest BCUT2D eigenvalue weighted by molar-refractivity contribution is 7.94. The van der Waals surface area contributed by atoms with Crippen molar-refractivity contribution >= 4 is 38.9 Å². The largest absolute Gasteiger partial charge is 0.352 e. The summed E-state index contributed by atoms with van der Waals surface area (Å²) < 4.78 is 24.7. The average Bonchev–Trinajstić information content (AvgIpc) is 3.10. The third kappa shape index (κ3) is 3.88. The van der Waals surface area contributed by atoms with Gasteiger partial charge in [-0.3, -0.25) is 9.59 Å². The summed E-state index contributed by atoms with van der Waals surface area (Å²) >= 11 is 1.56. The fraction of sp³-hybridized carbons (Fsp3) is 0.312. The number of hydrogen-bond donors (Lipinski definition) is 1. The summed E-state index contributed by atoms with van der Waals surface area (Å²) in [6, 6.07) is 6.08. The Morgan fingerprint density at radius 1 is 1.40 bits per heavy atom. The number of anilines is 1. The number of amides is 2. The number of benzene rings is 1. The molecule has 1 aromatic heterocycles. The third-order valence-electron chi connectivity index (χ3n) is 3.75. The second-order valence-electron chi connectivity index (χ2n) is 5.64. The molecule has 2 amide bonds. The first-order chi connectivity index (χ1) is 11.9. The van der Waals surface area contributed by atoms with E-state index >= 15 is 0 Å². The maximum absolute atomic E-state index is 12.3. The van der Waals surface area contributed by atoms with E-state index in [-0.39, 0.29) is 23.8 Å². The van der Waals surface area contributed by atoms with E-state index in [1.165, 1.54) is 12.1 Å². The Kier molecular flexibility index (Phi) is 4.87. The van der Waals surface area contributed by atoms with Crippen LogP contribution in [0.25, 0.3) is 0 Å². The lowest BCUT2D eigenvalue weighted by molar-refractivity contribution is -0.116. The molecule has 1 saturated heterocycles. The van der Waals surface area contributed by atoms with Gasteiger partial charge in [0, 0.05) is 30.3 Å². The van der Waals surface area contributed by atoms with Crippen LogP contribution in [0.4, 0.5) is 5.69 Å². The predicted molar refractivity (Wildman–Crippen MR) is 95.2 cm³/mol. The molecule has 2 aromatic rings. The van der Waals surface area contributed by atoms with Crippen molar-refractivity contribution in [1.82, 2.24) is 10.3 Å². The van der Waals surface area contributed by atoms with Gasteiger partial charge in [-0.2, -0.15) is 0 Å². The molecule has 1 aliphatic heterocycles. The number of aryl methyl sites for hydroxylation is 1. The Morgan fingerprint density at radius 2 is 2.20 bits per heavy atom. The molecule has 25 heavy (non-hydrogen) atoms. The highest BCUT2D eigenvalue weighted by Crippen LogP contribution is 2.25. The van der Waals surface area contributed by atoms with Crippen LogP contribution in [0.2, 0.25) is 0 Å². The second-order valence-corrected chi connectivity index (χ2v) is 8.64. The summed E-state index contributed by atoms with van der Waals surface area (Å²) in [5.41, 5.74) is 1.43. The van der Waals surface area contributed by atoms with E-state index in [1.807, 2.05) is 12.3 Å². The van der Waals surface area contributed by atoms with E-state index in [1.54, 1.807) is 23.5 Å². The molecule has 0 radical (unpaired) electrons. The lowest BCUT2D eigenvalue weighted by Gasteiger charge is -2.15. The summed E-state index contributed by atoms with van der Waals surface area (Å²) in [5, 5.41) is 5.71. The summed E-state index contributed by atoms with van der Waals surface area (Å²) in [5.74, 6) is -0.996. The average molecular weight is 379 g/mol. The van der Waals surface area contributed by atoms with Crippen molar-refractivity contribution in [1.29, 1.82) is 0 Å². The molecule has 1 fully saturated rings. The van der Waals surface area contributed by atoms with Crippen molar-refractivity contribution in [3.8, 4) is 0 Å². The molecule has 2 heterocycles. The Bertz CT molecular complexity index is 921. The first-order valence-corrected chi connectivity index (χ1v) is 10.2. The highest BCUT2D eigenvalue weighted by Gasteiger charge is 2.36. The standard InChI is InChI=1S/C16H17N3O4S2/c1-11-18-13(10-24-11)5-7-17-16(21)12-3-2-4-14(9-12)19-15(20)6-8-25(19,22)23/h2-4,9-10H,5-8H2,1H3,(H,17,21). The van der Waals surface area contributed by atoms with Crippen LogP contribution in [-0.4, -0.2) is 37.5 Å². The third-order valence-corrected chi connectivity index (χ3v) is 6.27. The van der Waals surface area contributed by atoms with Crippen molar-refractivity contribution in [3.05, 3.63) is 45.9 Å². The van der Waals surface area contributed by atoms with Crippen LogP contribution in [0, 0.1) is 6.92 Å². The van der Waals surface area contributed by atoms with Crippen molar-refractivity contribution < 1.29 is 18.0 Å². The van der Waals surface area contributed by atoms with Gasteiger partial charge < -0.3 is 5.32 Å². The molecule has 132 valence electrons. The number of carbonyl (C=O) groups is 2. The van der Waals surface area contributed by atoms with Crippen LogP contribution in [0.15, 0.2) is 29.6 Å². The van der Waals surface area contributed by atoms with Crippen LogP contribution in [0.1, 0.15) is 27.5 Å². The molecule has 0 saturated carbocycles. The van der Waals surface area contributed by atoms with Gasteiger partial charge >= 0.3 is 0 Å². The Balaban J connectivity index is 1.68. The van der Waals surface area contributed by atoms with Crippen molar-refractivity contribution in [2.75, 3.05) is 16.6 Å². The fourth-order valence-corrected chi connectivity index (χ4v) is 4.67. The SMILES string of the molecule is Cc1nc(CCNC(=O)c2cccc(N3C(=O)CCS3(=O)=O)c2)cs1. The number of nitrogens with zero attached hydrogens (tertiary/aromatic N) is 2.